The van der Waals surface area contributed by atoms with Gasteiger partial charge in [0, 0.05) is 19.3 Å². The summed E-state index contributed by atoms with van der Waals surface area (Å²) in [5, 5.41) is 0. The van der Waals surface area contributed by atoms with Gasteiger partial charge in [-0.2, -0.15) is 0 Å². The molecule has 6 nitrogen and oxygen atoms in total. The van der Waals surface area contributed by atoms with Gasteiger partial charge in [-0.05, 0) is 122 Å². The Morgan fingerprint density at radius 1 is 0.280 bits per heavy atom. The number of carbonyl (C=O) groups is 3. The van der Waals surface area contributed by atoms with Gasteiger partial charge >= 0.3 is 17.9 Å². The molecule has 0 aromatic rings. The minimum atomic E-state index is -0.789. The molecule has 1 unspecified atom stereocenters. The van der Waals surface area contributed by atoms with E-state index in [-0.39, 0.29) is 31.1 Å². The fourth-order valence-electron chi connectivity index (χ4n) is 8.79. The maximum atomic E-state index is 12.9. The Balaban J connectivity index is 4.38. The summed E-state index contributed by atoms with van der Waals surface area (Å²) in [6.07, 6.45) is 84.0. The highest BCUT2D eigenvalue weighted by molar-refractivity contribution is 5.71. The molecule has 0 aliphatic rings. The third-order valence-electron chi connectivity index (χ3n) is 13.5. The van der Waals surface area contributed by atoms with Crippen LogP contribution in [0.1, 0.15) is 303 Å². The molecule has 0 fully saturated rings. The molecule has 6 heteroatoms. The molecular formula is C69H118O6. The highest BCUT2D eigenvalue weighted by Gasteiger charge is 2.19. The Bertz CT molecular complexity index is 1480. The Morgan fingerprint density at radius 3 is 0.813 bits per heavy atom. The number of hydrogen-bond donors (Lipinski definition) is 0. The Kier molecular flexibility index (Phi) is 59.8. The summed E-state index contributed by atoms with van der Waals surface area (Å²) in [5.74, 6) is -0.898. The lowest BCUT2D eigenvalue weighted by Gasteiger charge is -2.18. The first-order valence-electron chi connectivity index (χ1n) is 31.7. The molecule has 1 atom stereocenters. The highest BCUT2D eigenvalue weighted by Crippen LogP contribution is 2.16. The third-order valence-corrected chi connectivity index (χ3v) is 13.5. The molecule has 0 aromatic carbocycles. The van der Waals surface area contributed by atoms with Crippen LogP contribution in [0.5, 0.6) is 0 Å². The van der Waals surface area contributed by atoms with E-state index in [1.54, 1.807) is 0 Å². The largest absolute Gasteiger partial charge is 0.462 e. The first-order chi connectivity index (χ1) is 37.0. The van der Waals surface area contributed by atoms with Crippen LogP contribution in [-0.2, 0) is 28.6 Å². The molecule has 0 N–H and O–H groups in total. The van der Waals surface area contributed by atoms with E-state index < -0.39 is 6.10 Å². The van der Waals surface area contributed by atoms with Gasteiger partial charge in [0.25, 0.3) is 0 Å². The minimum absolute atomic E-state index is 0.0855. The van der Waals surface area contributed by atoms with Crippen molar-refractivity contribution in [1.29, 1.82) is 0 Å². The molecule has 0 heterocycles. The average Bonchev–Trinajstić information content (AvgIpc) is 3.41. The van der Waals surface area contributed by atoms with Gasteiger partial charge in [-0.25, -0.2) is 0 Å². The molecule has 0 saturated carbocycles. The summed E-state index contributed by atoms with van der Waals surface area (Å²) < 4.78 is 16.9. The second kappa shape index (κ2) is 62.9. The summed E-state index contributed by atoms with van der Waals surface area (Å²) in [7, 11) is 0. The number of rotatable bonds is 57. The summed E-state index contributed by atoms with van der Waals surface area (Å²) in [6, 6.07) is 0. The van der Waals surface area contributed by atoms with E-state index in [0.29, 0.717) is 19.3 Å². The van der Waals surface area contributed by atoms with Crippen molar-refractivity contribution in [2.24, 2.45) is 0 Å². The van der Waals surface area contributed by atoms with Crippen molar-refractivity contribution in [3.05, 3.63) is 97.2 Å². The molecule has 0 aliphatic heterocycles. The smallest absolute Gasteiger partial charge is 0.306 e. The van der Waals surface area contributed by atoms with E-state index in [1.807, 2.05) is 0 Å². The standard InChI is InChI=1S/C69H118O6/c1-4-7-10-13-16-19-22-25-28-30-32-33-34-35-37-38-41-44-47-50-53-56-59-62-68(71)74-65-66(64-73-67(70)61-58-55-52-49-46-43-40-27-24-21-18-15-12-9-6-3)75-69(72)63-60-57-54-51-48-45-42-39-36-31-29-26-23-20-17-14-11-8-5-2/h7,10,16-21,25-29,32-33,40,66H,4-6,8-9,11-15,22-24,30-31,34-39,41-65H2,1-3H3/b10-7-,19-16-,20-17-,21-18-,28-25-,29-26-,33-32-,40-27-. The Labute approximate surface area is 464 Å². The number of carbonyl (C=O) groups excluding carboxylic acids is 3. The first kappa shape index (κ1) is 71.3. The van der Waals surface area contributed by atoms with Crippen LogP contribution in [0.4, 0.5) is 0 Å². The molecule has 430 valence electrons. The van der Waals surface area contributed by atoms with Gasteiger partial charge in [0.2, 0.25) is 0 Å². The van der Waals surface area contributed by atoms with Crippen molar-refractivity contribution < 1.29 is 28.6 Å². The van der Waals surface area contributed by atoms with Gasteiger partial charge in [-0.3, -0.25) is 14.4 Å². The zero-order valence-corrected chi connectivity index (χ0v) is 49.3. The van der Waals surface area contributed by atoms with E-state index in [2.05, 4.69) is 118 Å². The van der Waals surface area contributed by atoms with Crippen molar-refractivity contribution in [3.8, 4) is 0 Å². The van der Waals surface area contributed by atoms with Gasteiger partial charge in [0.1, 0.15) is 13.2 Å². The molecule has 0 aromatic heterocycles. The number of allylic oxidation sites excluding steroid dienone is 16. The predicted octanol–water partition coefficient (Wildman–Crippen LogP) is 21.7. The van der Waals surface area contributed by atoms with Gasteiger partial charge in [-0.15, -0.1) is 0 Å². The van der Waals surface area contributed by atoms with Crippen molar-refractivity contribution in [2.75, 3.05) is 13.2 Å². The van der Waals surface area contributed by atoms with Crippen molar-refractivity contribution in [1.82, 2.24) is 0 Å². The van der Waals surface area contributed by atoms with E-state index in [1.165, 1.54) is 154 Å². The van der Waals surface area contributed by atoms with Gasteiger partial charge < -0.3 is 14.2 Å². The van der Waals surface area contributed by atoms with E-state index >= 15 is 0 Å². The van der Waals surface area contributed by atoms with Crippen LogP contribution in [-0.4, -0.2) is 37.2 Å². The quantitative estimate of drug-likeness (QED) is 0.0261. The first-order valence-corrected chi connectivity index (χ1v) is 31.7. The molecule has 0 amide bonds. The fourth-order valence-corrected chi connectivity index (χ4v) is 8.79. The van der Waals surface area contributed by atoms with E-state index in [0.717, 1.165) is 109 Å². The molecule has 0 radical (unpaired) electrons. The Hall–Kier alpha value is -3.67. The minimum Gasteiger partial charge on any atom is -0.462 e. The summed E-state index contributed by atoms with van der Waals surface area (Å²) in [6.45, 7) is 6.48. The van der Waals surface area contributed by atoms with Crippen LogP contribution >= 0.6 is 0 Å². The molecule has 0 rings (SSSR count). The lowest BCUT2D eigenvalue weighted by Crippen LogP contribution is -2.30. The monoisotopic (exact) mass is 1040 g/mol. The van der Waals surface area contributed by atoms with E-state index in [9.17, 15) is 14.4 Å². The normalized spacial score (nSPS) is 12.7. The number of ether oxygens (including phenoxy) is 3. The lowest BCUT2D eigenvalue weighted by molar-refractivity contribution is -0.167. The van der Waals surface area contributed by atoms with Gasteiger partial charge in [0.15, 0.2) is 6.10 Å². The molecule has 0 aliphatic carbocycles. The number of hydrogen-bond acceptors (Lipinski definition) is 6. The summed E-state index contributed by atoms with van der Waals surface area (Å²) in [4.78, 5) is 38.3. The van der Waals surface area contributed by atoms with Crippen molar-refractivity contribution in [3.63, 3.8) is 0 Å². The van der Waals surface area contributed by atoms with Crippen LogP contribution in [0.2, 0.25) is 0 Å². The molecular weight excluding hydrogens is 925 g/mol. The Morgan fingerprint density at radius 2 is 0.520 bits per heavy atom. The van der Waals surface area contributed by atoms with Crippen molar-refractivity contribution in [2.45, 2.75) is 309 Å². The second-order valence-electron chi connectivity index (χ2n) is 20.9. The van der Waals surface area contributed by atoms with Gasteiger partial charge in [0.05, 0.1) is 0 Å². The zero-order valence-electron chi connectivity index (χ0n) is 49.3. The third kappa shape index (κ3) is 61.1. The maximum Gasteiger partial charge on any atom is 0.306 e. The van der Waals surface area contributed by atoms with Crippen LogP contribution in [0.25, 0.3) is 0 Å². The summed E-state index contributed by atoms with van der Waals surface area (Å²) >= 11 is 0. The zero-order chi connectivity index (χ0) is 54.3. The number of esters is 3. The fraction of sp³-hybridized carbons (Fsp3) is 0.725. The maximum absolute atomic E-state index is 12.9. The molecule has 75 heavy (non-hydrogen) atoms. The summed E-state index contributed by atoms with van der Waals surface area (Å²) in [5.41, 5.74) is 0. The van der Waals surface area contributed by atoms with E-state index in [4.69, 9.17) is 14.2 Å². The van der Waals surface area contributed by atoms with Gasteiger partial charge in [-0.1, -0.05) is 259 Å². The van der Waals surface area contributed by atoms with Crippen LogP contribution < -0.4 is 0 Å². The van der Waals surface area contributed by atoms with Crippen LogP contribution in [0.3, 0.4) is 0 Å². The molecule has 0 saturated heterocycles. The molecule has 0 bridgehead atoms. The van der Waals surface area contributed by atoms with Crippen LogP contribution in [0.15, 0.2) is 97.2 Å². The number of unbranched alkanes of at least 4 members (excludes halogenated alkanes) is 30. The second-order valence-corrected chi connectivity index (χ2v) is 20.9. The SMILES string of the molecule is CC/C=C\C/C=C\C/C=C\C/C=C\CCCCCCCCCCCCC(=O)OCC(COC(=O)CCCCCCC/C=C\C/C=C\CCCCC)OC(=O)CCCCCCCCCCC/C=C\C/C=C\CCCCC. The molecule has 0 spiro atoms. The van der Waals surface area contributed by atoms with Crippen molar-refractivity contribution >= 4 is 17.9 Å². The highest BCUT2D eigenvalue weighted by atomic mass is 16.6. The topological polar surface area (TPSA) is 78.9 Å². The average molecular weight is 1040 g/mol. The lowest BCUT2D eigenvalue weighted by atomic mass is 10.1. The predicted molar refractivity (Wildman–Crippen MR) is 325 cm³/mol. The van der Waals surface area contributed by atoms with Crippen LogP contribution in [0, 0.1) is 0 Å².